The smallest absolute Gasteiger partial charge is 0.260 e. The molecule has 0 radical (unpaired) electrons. The van der Waals surface area contributed by atoms with Crippen molar-refractivity contribution in [1.29, 1.82) is 0 Å². The lowest BCUT2D eigenvalue weighted by Crippen LogP contribution is -2.12. The van der Waals surface area contributed by atoms with Crippen molar-refractivity contribution >= 4 is 27.5 Å². The molecule has 0 aliphatic rings. The van der Waals surface area contributed by atoms with E-state index in [2.05, 4.69) is 31.4 Å². The Morgan fingerprint density at radius 2 is 2.05 bits per heavy atom. The van der Waals surface area contributed by atoms with Gasteiger partial charge in [-0.3, -0.25) is 4.79 Å². The summed E-state index contributed by atoms with van der Waals surface area (Å²) in [6.07, 6.45) is 1.44. The molecule has 7 heteroatoms. The van der Waals surface area contributed by atoms with Crippen LogP contribution in [0.25, 0.3) is 11.5 Å². The number of anilines is 1. The highest BCUT2D eigenvalue weighted by molar-refractivity contribution is 9.10. The van der Waals surface area contributed by atoms with Crippen LogP contribution in [0.3, 0.4) is 0 Å². The molecule has 106 valence electrons. The molecular formula is C14H10BrN3O3. The van der Waals surface area contributed by atoms with Crippen molar-refractivity contribution in [1.82, 2.24) is 10.2 Å². The minimum atomic E-state index is -0.292. The monoisotopic (exact) mass is 347 g/mol. The first-order valence-electron chi connectivity index (χ1n) is 6.09. The molecule has 0 saturated carbocycles. The Bertz CT molecular complexity index is 794. The number of rotatable bonds is 3. The number of carbonyl (C=O) groups excluding carboxylic acids is 1. The molecule has 0 fully saturated rings. The average molecular weight is 348 g/mol. The average Bonchev–Trinajstić information content (AvgIpc) is 3.08. The van der Waals surface area contributed by atoms with E-state index in [-0.39, 0.29) is 5.91 Å². The highest BCUT2D eigenvalue weighted by Gasteiger charge is 2.16. The molecule has 0 aliphatic heterocycles. The molecule has 6 nitrogen and oxygen atoms in total. The summed E-state index contributed by atoms with van der Waals surface area (Å²) in [7, 11) is 0. The molecule has 2 heterocycles. The summed E-state index contributed by atoms with van der Waals surface area (Å²) in [6, 6.07) is 8.79. The summed E-state index contributed by atoms with van der Waals surface area (Å²) in [6.45, 7) is 1.71. The van der Waals surface area contributed by atoms with Gasteiger partial charge in [-0.1, -0.05) is 12.1 Å². The van der Waals surface area contributed by atoms with Crippen LogP contribution in [0.5, 0.6) is 0 Å². The first kappa shape index (κ1) is 13.6. The summed E-state index contributed by atoms with van der Waals surface area (Å²) in [4.78, 5) is 12.2. The van der Waals surface area contributed by atoms with Gasteiger partial charge in [-0.05, 0) is 34.1 Å². The number of amides is 1. The summed E-state index contributed by atoms with van der Waals surface area (Å²) in [5.74, 6) is 0.526. The third-order valence-electron chi connectivity index (χ3n) is 2.79. The Balaban J connectivity index is 1.93. The Morgan fingerprint density at radius 1 is 1.24 bits per heavy atom. The van der Waals surface area contributed by atoms with Crippen molar-refractivity contribution in [2.24, 2.45) is 0 Å². The number of hydrogen-bond donors (Lipinski definition) is 1. The number of hydrogen-bond acceptors (Lipinski definition) is 5. The Labute approximate surface area is 128 Å². The van der Waals surface area contributed by atoms with Gasteiger partial charge in [0, 0.05) is 6.92 Å². The van der Waals surface area contributed by atoms with Gasteiger partial charge in [0.15, 0.2) is 4.67 Å². The van der Waals surface area contributed by atoms with E-state index in [1.165, 1.54) is 6.26 Å². The molecule has 0 atom stereocenters. The summed E-state index contributed by atoms with van der Waals surface area (Å²) in [5.41, 5.74) is 1.65. The maximum atomic E-state index is 12.2. The van der Waals surface area contributed by atoms with Gasteiger partial charge in [0.2, 0.25) is 11.8 Å². The van der Waals surface area contributed by atoms with Gasteiger partial charge >= 0.3 is 0 Å². The summed E-state index contributed by atoms with van der Waals surface area (Å²) < 4.78 is 10.8. The van der Waals surface area contributed by atoms with Gasteiger partial charge in [0.05, 0.1) is 23.1 Å². The van der Waals surface area contributed by atoms with Crippen molar-refractivity contribution in [3.63, 3.8) is 0 Å². The van der Waals surface area contributed by atoms with Gasteiger partial charge in [-0.25, -0.2) is 0 Å². The molecule has 1 amide bonds. The van der Waals surface area contributed by atoms with Crippen LogP contribution in [-0.2, 0) is 0 Å². The number of nitrogens with zero attached hydrogens (tertiary/aromatic N) is 2. The number of carbonyl (C=O) groups is 1. The highest BCUT2D eigenvalue weighted by Crippen LogP contribution is 2.28. The van der Waals surface area contributed by atoms with E-state index in [1.807, 2.05) is 12.1 Å². The van der Waals surface area contributed by atoms with E-state index in [1.54, 1.807) is 25.1 Å². The molecule has 21 heavy (non-hydrogen) atoms. The molecular weight excluding hydrogens is 338 g/mol. The zero-order valence-corrected chi connectivity index (χ0v) is 12.5. The molecule has 2 aromatic heterocycles. The topological polar surface area (TPSA) is 81.2 Å². The second-order valence-electron chi connectivity index (χ2n) is 4.23. The maximum absolute atomic E-state index is 12.2. The molecule has 1 N–H and O–H groups in total. The zero-order valence-electron chi connectivity index (χ0n) is 11.0. The van der Waals surface area contributed by atoms with Crippen molar-refractivity contribution in [3.05, 3.63) is 52.7 Å². The number of nitrogens with one attached hydrogen (secondary N) is 1. The fourth-order valence-electron chi connectivity index (χ4n) is 1.83. The van der Waals surface area contributed by atoms with Crippen molar-refractivity contribution in [2.45, 2.75) is 6.92 Å². The fourth-order valence-corrected chi connectivity index (χ4v) is 2.25. The summed E-state index contributed by atoms with van der Waals surface area (Å²) in [5, 5.41) is 10.6. The number of halogens is 1. The van der Waals surface area contributed by atoms with Crippen molar-refractivity contribution < 1.29 is 13.6 Å². The SMILES string of the molecule is Cc1nnc(-c2ccccc2NC(=O)c2ccoc2Br)o1. The van der Waals surface area contributed by atoms with Gasteiger partial charge < -0.3 is 14.2 Å². The normalized spacial score (nSPS) is 10.6. The third kappa shape index (κ3) is 2.73. The maximum Gasteiger partial charge on any atom is 0.260 e. The lowest BCUT2D eigenvalue weighted by molar-refractivity contribution is 0.102. The van der Waals surface area contributed by atoms with E-state index < -0.39 is 0 Å². The largest absolute Gasteiger partial charge is 0.457 e. The second-order valence-corrected chi connectivity index (χ2v) is 4.95. The molecule has 3 aromatic rings. The molecule has 0 spiro atoms. The van der Waals surface area contributed by atoms with E-state index in [0.717, 1.165) is 0 Å². The first-order valence-corrected chi connectivity index (χ1v) is 6.88. The van der Waals surface area contributed by atoms with E-state index in [0.29, 0.717) is 33.3 Å². The standard InChI is InChI=1S/C14H10BrN3O3/c1-8-17-18-14(21-8)9-4-2-3-5-11(9)16-13(19)10-6-7-20-12(10)15/h2-7H,1H3,(H,16,19). The second kappa shape index (κ2) is 5.53. The van der Waals surface area contributed by atoms with Gasteiger partial charge in [0.1, 0.15) is 0 Å². The van der Waals surface area contributed by atoms with Crippen LogP contribution in [0, 0.1) is 6.92 Å². The predicted molar refractivity (Wildman–Crippen MR) is 78.8 cm³/mol. The van der Waals surface area contributed by atoms with Crippen LogP contribution in [-0.4, -0.2) is 16.1 Å². The van der Waals surface area contributed by atoms with Gasteiger partial charge in [0.25, 0.3) is 5.91 Å². The molecule has 1 aromatic carbocycles. The molecule has 0 saturated heterocycles. The van der Waals surface area contributed by atoms with Gasteiger partial charge in [-0.2, -0.15) is 0 Å². The molecule has 0 unspecified atom stereocenters. The van der Waals surface area contributed by atoms with Crippen LogP contribution in [0.1, 0.15) is 16.2 Å². The lowest BCUT2D eigenvalue weighted by Gasteiger charge is -2.07. The van der Waals surface area contributed by atoms with Crippen LogP contribution in [0.2, 0.25) is 0 Å². The van der Waals surface area contributed by atoms with E-state index in [4.69, 9.17) is 8.83 Å². The number of aryl methyl sites for hydroxylation is 1. The van der Waals surface area contributed by atoms with Crippen molar-refractivity contribution in [2.75, 3.05) is 5.32 Å². The Morgan fingerprint density at radius 3 is 2.71 bits per heavy atom. The lowest BCUT2D eigenvalue weighted by atomic mass is 10.1. The number of benzene rings is 1. The summed E-state index contributed by atoms with van der Waals surface area (Å²) >= 11 is 3.18. The minimum absolute atomic E-state index is 0.292. The quantitative estimate of drug-likeness (QED) is 0.781. The molecule has 0 bridgehead atoms. The molecule has 0 aliphatic carbocycles. The Kier molecular flexibility index (Phi) is 3.57. The Hall–Kier alpha value is -2.41. The van der Waals surface area contributed by atoms with Crippen LogP contribution in [0.15, 0.2) is 50.1 Å². The number of para-hydroxylation sites is 1. The third-order valence-corrected chi connectivity index (χ3v) is 3.41. The van der Waals surface area contributed by atoms with Crippen LogP contribution in [0.4, 0.5) is 5.69 Å². The fraction of sp³-hybridized carbons (Fsp3) is 0.0714. The number of furan rings is 1. The van der Waals surface area contributed by atoms with E-state index >= 15 is 0 Å². The highest BCUT2D eigenvalue weighted by atomic mass is 79.9. The van der Waals surface area contributed by atoms with Crippen LogP contribution >= 0.6 is 15.9 Å². The molecule has 3 rings (SSSR count). The number of aromatic nitrogens is 2. The van der Waals surface area contributed by atoms with Crippen LogP contribution < -0.4 is 5.32 Å². The predicted octanol–water partition coefficient (Wildman–Crippen LogP) is 3.65. The first-order chi connectivity index (χ1) is 10.1. The van der Waals surface area contributed by atoms with Gasteiger partial charge in [-0.15, -0.1) is 10.2 Å². The minimum Gasteiger partial charge on any atom is -0.457 e. The van der Waals surface area contributed by atoms with Crippen molar-refractivity contribution in [3.8, 4) is 11.5 Å². The van der Waals surface area contributed by atoms with E-state index in [9.17, 15) is 4.79 Å². The zero-order chi connectivity index (χ0) is 14.8.